The molecule has 0 aromatic carbocycles. The largest absolute Gasteiger partial charge is 0.328 e. The van der Waals surface area contributed by atoms with Crippen LogP contribution >= 0.6 is 0 Å². The molecule has 0 spiro atoms. The van der Waals surface area contributed by atoms with E-state index in [2.05, 4.69) is 15.2 Å². The lowest BCUT2D eigenvalue weighted by Crippen LogP contribution is -2.07. The van der Waals surface area contributed by atoms with Crippen molar-refractivity contribution in [2.45, 2.75) is 13.0 Å². The number of nitrogens with zero attached hydrogens (tertiary/aromatic N) is 5. The minimum atomic E-state index is 0.581. The van der Waals surface area contributed by atoms with Gasteiger partial charge in [-0.15, -0.1) is 10.2 Å². The molecule has 6 nitrogen and oxygen atoms in total. The Labute approximate surface area is 86.6 Å². The molecular formula is C9H11N5O. The summed E-state index contributed by atoms with van der Waals surface area (Å²) < 4.78 is 3.65. The van der Waals surface area contributed by atoms with Crippen LogP contribution in [-0.2, 0) is 20.0 Å². The monoisotopic (exact) mass is 205 g/mol. The Kier molecular flexibility index (Phi) is 2.57. The van der Waals surface area contributed by atoms with Crippen molar-refractivity contribution in [2.75, 3.05) is 0 Å². The fourth-order valence-electron chi connectivity index (χ4n) is 1.37. The van der Waals surface area contributed by atoms with E-state index in [4.69, 9.17) is 0 Å². The second-order valence-corrected chi connectivity index (χ2v) is 3.24. The van der Waals surface area contributed by atoms with Crippen LogP contribution in [0.15, 0.2) is 18.9 Å². The zero-order valence-corrected chi connectivity index (χ0v) is 8.37. The average molecular weight is 205 g/mol. The van der Waals surface area contributed by atoms with Crippen molar-refractivity contribution in [3.8, 4) is 0 Å². The average Bonchev–Trinajstić information content (AvgIpc) is 2.83. The number of rotatable bonds is 4. The summed E-state index contributed by atoms with van der Waals surface area (Å²) in [4.78, 5) is 14.5. The molecule has 0 saturated carbocycles. The van der Waals surface area contributed by atoms with E-state index in [0.717, 1.165) is 18.5 Å². The number of aromatic nitrogens is 5. The SMILES string of the molecule is Cn1cnnc1CCn1cncc1C=O. The summed E-state index contributed by atoms with van der Waals surface area (Å²) in [5.41, 5.74) is 0.581. The maximum Gasteiger partial charge on any atom is 0.168 e. The molecule has 0 atom stereocenters. The van der Waals surface area contributed by atoms with Gasteiger partial charge in [-0.3, -0.25) is 4.79 Å². The van der Waals surface area contributed by atoms with Crippen molar-refractivity contribution < 1.29 is 4.79 Å². The maximum absolute atomic E-state index is 10.6. The molecular weight excluding hydrogens is 194 g/mol. The third-order valence-electron chi connectivity index (χ3n) is 2.25. The smallest absolute Gasteiger partial charge is 0.168 e. The van der Waals surface area contributed by atoms with E-state index in [0.29, 0.717) is 12.2 Å². The molecule has 2 aromatic heterocycles. The number of aldehydes is 1. The predicted octanol–water partition coefficient (Wildman–Crippen LogP) is 0.0668. The molecule has 15 heavy (non-hydrogen) atoms. The molecule has 0 aliphatic heterocycles. The second-order valence-electron chi connectivity index (χ2n) is 3.24. The Morgan fingerprint density at radius 2 is 2.33 bits per heavy atom. The van der Waals surface area contributed by atoms with Crippen LogP contribution in [0, 0.1) is 0 Å². The van der Waals surface area contributed by atoms with E-state index in [1.807, 2.05) is 11.6 Å². The van der Waals surface area contributed by atoms with Gasteiger partial charge < -0.3 is 9.13 Å². The van der Waals surface area contributed by atoms with E-state index in [1.165, 1.54) is 0 Å². The fraction of sp³-hybridized carbons (Fsp3) is 0.333. The highest BCUT2D eigenvalue weighted by Gasteiger charge is 2.03. The van der Waals surface area contributed by atoms with Gasteiger partial charge in [0.2, 0.25) is 0 Å². The first-order chi connectivity index (χ1) is 7.31. The minimum Gasteiger partial charge on any atom is -0.328 e. The van der Waals surface area contributed by atoms with Crippen LogP contribution in [0.2, 0.25) is 0 Å². The first-order valence-corrected chi connectivity index (χ1v) is 4.59. The summed E-state index contributed by atoms with van der Waals surface area (Å²) in [6.45, 7) is 0.681. The lowest BCUT2D eigenvalue weighted by atomic mass is 10.4. The second kappa shape index (κ2) is 4.04. The van der Waals surface area contributed by atoms with Crippen molar-refractivity contribution in [3.05, 3.63) is 30.4 Å². The van der Waals surface area contributed by atoms with Crippen LogP contribution in [0.1, 0.15) is 16.3 Å². The molecule has 2 heterocycles. The standard InChI is InChI=1S/C9H11N5O/c1-13-7-11-12-9(13)2-3-14-6-10-4-8(14)5-15/h4-7H,2-3H2,1H3. The zero-order chi connectivity index (χ0) is 10.7. The number of carbonyl (C=O) groups is 1. The number of imidazole rings is 1. The van der Waals surface area contributed by atoms with Gasteiger partial charge >= 0.3 is 0 Å². The highest BCUT2D eigenvalue weighted by Crippen LogP contribution is 2.00. The Balaban J connectivity index is 2.05. The first kappa shape index (κ1) is 9.57. The van der Waals surface area contributed by atoms with Gasteiger partial charge in [0, 0.05) is 20.0 Å². The minimum absolute atomic E-state index is 0.581. The highest BCUT2D eigenvalue weighted by molar-refractivity contribution is 5.71. The normalized spacial score (nSPS) is 10.5. The van der Waals surface area contributed by atoms with Crippen molar-refractivity contribution >= 4 is 6.29 Å². The Morgan fingerprint density at radius 3 is 3.00 bits per heavy atom. The molecule has 0 aliphatic carbocycles. The van der Waals surface area contributed by atoms with Crippen LogP contribution in [0.25, 0.3) is 0 Å². The number of carbonyl (C=O) groups excluding carboxylic acids is 1. The van der Waals surface area contributed by atoms with E-state index < -0.39 is 0 Å². The molecule has 0 fully saturated rings. The third kappa shape index (κ3) is 1.93. The Morgan fingerprint density at radius 1 is 1.47 bits per heavy atom. The van der Waals surface area contributed by atoms with Gasteiger partial charge in [-0.05, 0) is 0 Å². The summed E-state index contributed by atoms with van der Waals surface area (Å²) in [6, 6.07) is 0. The number of hydrogen-bond donors (Lipinski definition) is 0. The lowest BCUT2D eigenvalue weighted by Gasteiger charge is -2.03. The predicted molar refractivity (Wildman–Crippen MR) is 52.3 cm³/mol. The summed E-state index contributed by atoms with van der Waals surface area (Å²) in [6.07, 6.45) is 6.37. The lowest BCUT2D eigenvalue weighted by molar-refractivity contribution is 0.111. The van der Waals surface area contributed by atoms with Gasteiger partial charge in [-0.1, -0.05) is 0 Å². The fourth-order valence-corrected chi connectivity index (χ4v) is 1.37. The number of aryl methyl sites for hydroxylation is 3. The van der Waals surface area contributed by atoms with Crippen molar-refractivity contribution in [1.29, 1.82) is 0 Å². The quantitative estimate of drug-likeness (QED) is 0.662. The molecule has 0 saturated heterocycles. The van der Waals surface area contributed by atoms with Gasteiger partial charge in [0.25, 0.3) is 0 Å². The van der Waals surface area contributed by atoms with Gasteiger partial charge in [0.05, 0.1) is 12.5 Å². The third-order valence-corrected chi connectivity index (χ3v) is 2.25. The zero-order valence-electron chi connectivity index (χ0n) is 8.37. The van der Waals surface area contributed by atoms with Crippen LogP contribution in [-0.4, -0.2) is 30.6 Å². The van der Waals surface area contributed by atoms with Gasteiger partial charge in [0.1, 0.15) is 17.8 Å². The number of hydrogen-bond acceptors (Lipinski definition) is 4. The first-order valence-electron chi connectivity index (χ1n) is 4.59. The molecule has 0 N–H and O–H groups in total. The van der Waals surface area contributed by atoms with Crippen LogP contribution in [0.4, 0.5) is 0 Å². The molecule has 6 heteroatoms. The van der Waals surface area contributed by atoms with Crippen molar-refractivity contribution in [3.63, 3.8) is 0 Å². The van der Waals surface area contributed by atoms with E-state index in [9.17, 15) is 4.79 Å². The molecule has 0 amide bonds. The van der Waals surface area contributed by atoms with Crippen LogP contribution in [0.3, 0.4) is 0 Å². The highest BCUT2D eigenvalue weighted by atomic mass is 16.1. The van der Waals surface area contributed by atoms with E-state index in [1.54, 1.807) is 23.4 Å². The van der Waals surface area contributed by atoms with Gasteiger partial charge in [0.15, 0.2) is 6.29 Å². The van der Waals surface area contributed by atoms with Crippen molar-refractivity contribution in [1.82, 2.24) is 24.3 Å². The molecule has 78 valence electrons. The molecule has 0 aliphatic rings. The Bertz CT molecular complexity index is 459. The summed E-state index contributed by atoms with van der Waals surface area (Å²) >= 11 is 0. The molecule has 2 aromatic rings. The van der Waals surface area contributed by atoms with Crippen molar-refractivity contribution in [2.24, 2.45) is 7.05 Å². The van der Waals surface area contributed by atoms with Gasteiger partial charge in [-0.25, -0.2) is 4.98 Å². The summed E-state index contributed by atoms with van der Waals surface area (Å²) in [5, 5.41) is 7.74. The van der Waals surface area contributed by atoms with Crippen LogP contribution < -0.4 is 0 Å². The van der Waals surface area contributed by atoms with E-state index >= 15 is 0 Å². The maximum atomic E-state index is 10.6. The summed E-state index contributed by atoms with van der Waals surface area (Å²) in [7, 11) is 1.89. The van der Waals surface area contributed by atoms with Gasteiger partial charge in [-0.2, -0.15) is 0 Å². The van der Waals surface area contributed by atoms with E-state index in [-0.39, 0.29) is 0 Å². The van der Waals surface area contributed by atoms with Crippen LogP contribution in [0.5, 0.6) is 0 Å². The topological polar surface area (TPSA) is 65.6 Å². The molecule has 2 rings (SSSR count). The molecule has 0 unspecified atom stereocenters. The molecule has 0 bridgehead atoms. The Hall–Kier alpha value is -1.98. The molecule has 0 radical (unpaired) electrons. The summed E-state index contributed by atoms with van der Waals surface area (Å²) in [5.74, 6) is 0.889.